The van der Waals surface area contributed by atoms with Crippen molar-refractivity contribution in [3.8, 4) is 0 Å². The van der Waals surface area contributed by atoms with E-state index in [9.17, 15) is 47.1 Å². The Morgan fingerprint density at radius 1 is 0.340 bits per heavy atom. The van der Waals surface area contributed by atoms with E-state index in [1.54, 1.807) is 24.5 Å². The van der Waals surface area contributed by atoms with Gasteiger partial charge in [0.15, 0.2) is 69.2 Å². The lowest BCUT2D eigenvalue weighted by Gasteiger charge is -2.40. The number of nitrogens with one attached hydrogen (secondary N) is 4. The number of carbonyl (C=O) groups excluding carboxylic acids is 8. The Bertz CT molecular complexity index is 6010. The summed E-state index contributed by atoms with van der Waals surface area (Å²) in [6.07, 6.45) is 35.6. The molecule has 4 aliphatic carbocycles. The van der Waals surface area contributed by atoms with Crippen LogP contribution in [0.4, 0.5) is 78.3 Å². The summed E-state index contributed by atoms with van der Waals surface area (Å²) in [6, 6.07) is 29.2. The number of halogens is 4. The molecule has 0 bridgehead atoms. The van der Waals surface area contributed by atoms with Gasteiger partial charge in [0.1, 0.15) is 23.3 Å². The Morgan fingerprint density at radius 2 is 0.604 bits per heavy atom. The quantitative estimate of drug-likeness (QED) is 0.0182. The molecular weight excluding hydrogens is 1870 g/mol. The molecule has 0 radical (unpaired) electrons. The van der Waals surface area contributed by atoms with Crippen molar-refractivity contribution in [2.45, 2.75) is 204 Å². The Morgan fingerprint density at radius 3 is 0.868 bits per heavy atom. The molecule has 4 amide bonds. The van der Waals surface area contributed by atoms with Crippen molar-refractivity contribution in [2.75, 3.05) is 67.0 Å². The molecule has 8 aromatic heterocycles. The third-order valence-corrected chi connectivity index (χ3v) is 29.7. The number of anilines is 12. The molecule has 4 aromatic carbocycles. The zero-order valence-electron chi connectivity index (χ0n) is 82.0. The van der Waals surface area contributed by atoms with Gasteiger partial charge in [-0.25, -0.2) is 28.7 Å². The maximum atomic E-state index is 14.7. The molecule has 4 aliphatic heterocycles. The first kappa shape index (κ1) is 101. The summed E-state index contributed by atoms with van der Waals surface area (Å²) in [7, 11) is 7.59. The van der Waals surface area contributed by atoms with Crippen LogP contribution in [0.25, 0.3) is 0 Å². The number of amides is 4. The van der Waals surface area contributed by atoms with E-state index in [0.717, 1.165) is 131 Å². The SMILES string of the molecule is C[C@@H]1[C@H](CC(=O)c2ccc(C3CC3)cc2Cl)CCCN1c1cnc(C(N)=O)c(Nc2ccn(C)c2)n1.C[C@@H]1[C@H](CC(=O)c2ccc(C3CC3)cc2Cl)CCCN1c1nnc(C(N)=O)c(Nc2ccn(C)c2)n1.C[C@@H]1[C@H](CC(=O)c2ccc(C3CC3)cc2F)CCCN1c1cnc(C(N)=O)c(Nc2ccn(C)c2)n1.C[C@@H]1[C@H](CC(=O)c2ccc(C3CC3)cc2F)CCCN1c1nnc(C(N)=O)c(Nc2ccn(C)c2)n1. The summed E-state index contributed by atoms with van der Waals surface area (Å²) in [5.74, 6) is 1.59. The number of benzene rings is 4. The minimum Gasteiger partial charge on any atom is -0.364 e. The number of nitrogens with zero attached hydrogens (tertiary/aromatic N) is 18. The van der Waals surface area contributed by atoms with E-state index in [2.05, 4.69) is 97.2 Å². The molecule has 8 atom stereocenters. The molecule has 8 fully saturated rings. The van der Waals surface area contributed by atoms with Crippen molar-refractivity contribution in [2.24, 2.45) is 74.8 Å². The Hall–Kier alpha value is -14.4. The van der Waals surface area contributed by atoms with Gasteiger partial charge in [0.25, 0.3) is 23.6 Å². The highest BCUT2D eigenvalue weighted by atomic mass is 35.5. The number of aromatic nitrogens is 14. The zero-order valence-corrected chi connectivity index (χ0v) is 83.6. The predicted molar refractivity (Wildman–Crippen MR) is 550 cm³/mol. The third-order valence-electron chi connectivity index (χ3n) is 29.0. The smallest absolute Gasteiger partial charge is 0.273 e. The molecule has 34 nitrogen and oxygen atoms in total. The third kappa shape index (κ3) is 24.4. The summed E-state index contributed by atoms with van der Waals surface area (Å²) in [6.45, 7) is 11.2. The van der Waals surface area contributed by atoms with E-state index in [4.69, 9.17) is 51.1 Å². The number of hydrogen-bond donors (Lipinski definition) is 8. The highest BCUT2D eigenvalue weighted by Gasteiger charge is 2.40. The van der Waals surface area contributed by atoms with E-state index in [-0.39, 0.29) is 135 Å². The topological polar surface area (TPSA) is 450 Å². The summed E-state index contributed by atoms with van der Waals surface area (Å²) >= 11 is 13.0. The fraction of sp³-hybridized carbons (Fsp3) is 0.415. The molecule has 0 unspecified atom stereocenters. The monoisotopic (exact) mass is 1990 g/mol. The van der Waals surface area contributed by atoms with E-state index >= 15 is 0 Å². The molecule has 4 saturated heterocycles. The van der Waals surface area contributed by atoms with Gasteiger partial charge < -0.3 is 82.1 Å². The van der Waals surface area contributed by atoms with Gasteiger partial charge in [0.05, 0.1) is 56.3 Å². The van der Waals surface area contributed by atoms with Gasteiger partial charge in [-0.3, -0.25) is 38.4 Å². The fourth-order valence-corrected chi connectivity index (χ4v) is 20.7. The highest BCUT2D eigenvalue weighted by molar-refractivity contribution is 6.34. The van der Waals surface area contributed by atoms with Crippen molar-refractivity contribution in [1.29, 1.82) is 0 Å². The Kier molecular flexibility index (Phi) is 31.0. The van der Waals surface area contributed by atoms with E-state index in [1.807, 2.05) is 186 Å². The molecule has 8 aliphatic rings. The van der Waals surface area contributed by atoms with Crippen molar-refractivity contribution in [3.05, 3.63) is 248 Å². The molecule has 752 valence electrons. The van der Waals surface area contributed by atoms with Gasteiger partial charge in [0.2, 0.25) is 11.9 Å². The van der Waals surface area contributed by atoms with Crippen LogP contribution < -0.4 is 63.8 Å². The van der Waals surface area contributed by atoms with Crippen LogP contribution in [-0.2, 0) is 28.2 Å². The molecule has 4 saturated carbocycles. The summed E-state index contributed by atoms with van der Waals surface area (Å²) < 4.78 is 36.9. The molecular formula is C106H122Cl2F2N26O8. The second kappa shape index (κ2) is 44.2. The average molecular weight is 2000 g/mol. The number of ketones is 4. The van der Waals surface area contributed by atoms with Crippen molar-refractivity contribution >= 4 is 140 Å². The van der Waals surface area contributed by atoms with Crippen LogP contribution in [0.15, 0.2) is 159 Å². The number of nitrogens with two attached hydrogens (primary N) is 4. The Labute approximate surface area is 844 Å². The number of carbonyl (C=O) groups is 8. The first-order chi connectivity index (χ1) is 69.2. The van der Waals surface area contributed by atoms with Crippen LogP contribution in [-0.4, -0.2) is 166 Å². The molecule has 12 heterocycles. The van der Waals surface area contributed by atoms with Crippen LogP contribution in [0.3, 0.4) is 0 Å². The standard InChI is InChI=1S/C27H31ClN6O2.C27H31FN6O2.C26H30ClN7O2.C26H30FN7O2/c2*1-16-18(13-23(35)21-8-7-19(12-22(21)28)17-5-6-17)4-3-10-34(16)24-14-30-25(26(29)36)27(32-24)31-20-9-11-33(2)15-20;2*1-15-17(13-22(35)20-8-7-18(12-21(20)27)16-5-6-16)4-3-10-34(15)26-30-25(23(24(28)36)31-32-26)29-19-9-11-33(2)14-19/h2*7-9,11-12,14-18H,3-6,10,13H2,1-2H3,(H2,29,36)(H,31,32);2*7-9,11-12,14-17H,3-6,10,13H2,1-2H3,(H2,28,36)(H,29,30,32)/t2*16-,18+;2*15-,17+/m1111/s1. The van der Waals surface area contributed by atoms with Gasteiger partial charge in [-0.2, -0.15) is 9.97 Å². The lowest BCUT2D eigenvalue weighted by atomic mass is 9.84. The number of aryl methyl sites for hydroxylation is 4. The van der Waals surface area contributed by atoms with Crippen LogP contribution >= 0.6 is 23.2 Å². The van der Waals surface area contributed by atoms with Crippen LogP contribution in [0, 0.1) is 35.3 Å². The second-order valence-corrected chi connectivity index (χ2v) is 40.4. The van der Waals surface area contributed by atoms with Crippen LogP contribution in [0.5, 0.6) is 0 Å². The minimum atomic E-state index is -0.732. The normalized spacial score (nSPS) is 19.8. The van der Waals surface area contributed by atoms with Crippen molar-refractivity contribution in [1.82, 2.24) is 68.6 Å². The molecule has 12 N–H and O–H groups in total. The average Bonchev–Trinajstić information content (AvgIpc) is 0.983. The van der Waals surface area contributed by atoms with E-state index < -0.39 is 35.3 Å². The lowest BCUT2D eigenvalue weighted by Crippen LogP contribution is -2.45. The summed E-state index contributed by atoms with van der Waals surface area (Å²) in [5.41, 5.74) is 31.1. The van der Waals surface area contributed by atoms with Gasteiger partial charge in [-0.05, 0) is 273 Å². The number of piperidine rings is 4. The van der Waals surface area contributed by atoms with E-state index in [1.165, 1.54) is 48.9 Å². The largest absolute Gasteiger partial charge is 0.364 e. The molecule has 20 rings (SSSR count). The molecule has 144 heavy (non-hydrogen) atoms. The van der Waals surface area contributed by atoms with Crippen molar-refractivity contribution in [3.63, 3.8) is 0 Å². The fourth-order valence-electron chi connectivity index (χ4n) is 20.1. The minimum absolute atomic E-state index is 0.00120. The lowest BCUT2D eigenvalue weighted by molar-refractivity contribution is 0.0934. The van der Waals surface area contributed by atoms with Crippen LogP contribution in [0.2, 0.25) is 10.0 Å². The predicted octanol–water partition coefficient (Wildman–Crippen LogP) is 18.0. The first-order valence-electron chi connectivity index (χ1n) is 49.6. The maximum absolute atomic E-state index is 14.7. The van der Waals surface area contributed by atoms with Crippen molar-refractivity contribution < 1.29 is 47.1 Å². The van der Waals surface area contributed by atoms with E-state index in [0.29, 0.717) is 93.6 Å². The first-order valence-corrected chi connectivity index (χ1v) is 50.3. The van der Waals surface area contributed by atoms with Gasteiger partial charge >= 0.3 is 0 Å². The summed E-state index contributed by atoms with van der Waals surface area (Å²) in [4.78, 5) is 136. The van der Waals surface area contributed by atoms with Crippen LogP contribution in [0.1, 0.15) is 285 Å². The second-order valence-electron chi connectivity index (χ2n) is 39.6. The number of rotatable bonds is 32. The van der Waals surface area contributed by atoms with Gasteiger partial charge in [0, 0.05) is 165 Å². The molecule has 12 aromatic rings. The summed E-state index contributed by atoms with van der Waals surface area (Å²) in [5, 5.41) is 30.1. The van der Waals surface area contributed by atoms with Gasteiger partial charge in [-0.1, -0.05) is 47.5 Å². The molecule has 0 spiro atoms. The highest BCUT2D eigenvalue weighted by Crippen LogP contribution is 2.47. The number of hydrogen-bond acceptors (Lipinski definition) is 26. The number of Topliss-reactive ketones (excluding diaryl/α,β-unsaturated/α-hetero) is 4. The Balaban J connectivity index is 0.000000132. The van der Waals surface area contributed by atoms with Gasteiger partial charge in [-0.15, -0.1) is 20.4 Å². The molecule has 38 heteroatoms. The zero-order chi connectivity index (χ0) is 102. The maximum Gasteiger partial charge on any atom is 0.273 e. The number of primary amides is 4.